The molecule has 3 rings (SSSR count). The van der Waals surface area contributed by atoms with Crippen LogP contribution in [0.1, 0.15) is 11.1 Å². The second kappa shape index (κ2) is 5.30. The fourth-order valence-corrected chi connectivity index (χ4v) is 2.48. The molecule has 1 aromatic carbocycles. The Morgan fingerprint density at radius 2 is 1.95 bits per heavy atom. The summed E-state index contributed by atoms with van der Waals surface area (Å²) in [5.41, 5.74) is -0.452. The van der Waals surface area contributed by atoms with Gasteiger partial charge in [0, 0.05) is 23.0 Å². The van der Waals surface area contributed by atoms with Crippen molar-refractivity contribution in [3.63, 3.8) is 0 Å². The molecule has 22 heavy (non-hydrogen) atoms. The highest BCUT2D eigenvalue weighted by atomic mass is 35.5. The SMILES string of the molecule is OC1C=Cc2c(ccc(-c3ccc(Cl)cn3)c2C(F)(F)F)N1. The van der Waals surface area contributed by atoms with Crippen molar-refractivity contribution in [2.24, 2.45) is 0 Å². The quantitative estimate of drug-likeness (QED) is 0.826. The zero-order valence-electron chi connectivity index (χ0n) is 11.0. The van der Waals surface area contributed by atoms with Crippen molar-refractivity contribution in [2.75, 3.05) is 5.32 Å². The van der Waals surface area contributed by atoms with E-state index in [1.165, 1.54) is 42.6 Å². The minimum atomic E-state index is -4.56. The van der Waals surface area contributed by atoms with Crippen molar-refractivity contribution < 1.29 is 18.3 Å². The normalized spacial score (nSPS) is 17.0. The Bertz CT molecular complexity index is 742. The van der Waals surface area contributed by atoms with Crippen LogP contribution in [0.5, 0.6) is 0 Å². The van der Waals surface area contributed by atoms with Gasteiger partial charge in [-0.05, 0) is 24.3 Å². The van der Waals surface area contributed by atoms with Gasteiger partial charge in [0.05, 0.1) is 16.3 Å². The van der Waals surface area contributed by atoms with Crippen molar-refractivity contribution in [2.45, 2.75) is 12.4 Å². The van der Waals surface area contributed by atoms with Crippen molar-refractivity contribution >= 4 is 23.4 Å². The number of halogens is 4. The number of benzene rings is 1. The van der Waals surface area contributed by atoms with Gasteiger partial charge < -0.3 is 10.4 Å². The van der Waals surface area contributed by atoms with E-state index < -0.39 is 18.0 Å². The summed E-state index contributed by atoms with van der Waals surface area (Å²) in [4.78, 5) is 3.96. The number of nitrogens with zero attached hydrogens (tertiary/aromatic N) is 1. The van der Waals surface area contributed by atoms with E-state index in [0.29, 0.717) is 5.02 Å². The number of nitrogens with one attached hydrogen (secondary N) is 1. The van der Waals surface area contributed by atoms with E-state index in [4.69, 9.17) is 11.6 Å². The highest BCUT2D eigenvalue weighted by Gasteiger charge is 2.38. The van der Waals surface area contributed by atoms with E-state index in [1.807, 2.05) is 0 Å². The van der Waals surface area contributed by atoms with Gasteiger partial charge in [-0.15, -0.1) is 0 Å². The first kappa shape index (κ1) is 14.9. The van der Waals surface area contributed by atoms with E-state index in [2.05, 4.69) is 10.3 Å². The molecule has 1 unspecified atom stereocenters. The average Bonchev–Trinajstić information content (AvgIpc) is 2.45. The van der Waals surface area contributed by atoms with E-state index in [1.54, 1.807) is 0 Å². The van der Waals surface area contributed by atoms with Crippen molar-refractivity contribution in [1.82, 2.24) is 4.98 Å². The molecule has 1 atom stereocenters. The Balaban J connectivity index is 2.24. The van der Waals surface area contributed by atoms with Crippen molar-refractivity contribution in [3.8, 4) is 11.3 Å². The Kier molecular flexibility index (Phi) is 3.58. The number of aromatic nitrogens is 1. The van der Waals surface area contributed by atoms with Crippen LogP contribution in [0, 0.1) is 0 Å². The van der Waals surface area contributed by atoms with E-state index >= 15 is 0 Å². The molecule has 0 saturated heterocycles. The molecule has 0 radical (unpaired) electrons. The topological polar surface area (TPSA) is 45.2 Å². The molecule has 7 heteroatoms. The van der Waals surface area contributed by atoms with Gasteiger partial charge in [-0.3, -0.25) is 4.98 Å². The number of hydrogen-bond donors (Lipinski definition) is 2. The van der Waals surface area contributed by atoms with Crippen LogP contribution in [0.25, 0.3) is 17.3 Å². The summed E-state index contributed by atoms with van der Waals surface area (Å²) in [7, 11) is 0. The van der Waals surface area contributed by atoms with Gasteiger partial charge in [-0.2, -0.15) is 13.2 Å². The van der Waals surface area contributed by atoms with Crippen LogP contribution in [-0.2, 0) is 6.18 Å². The third-order valence-electron chi connectivity index (χ3n) is 3.28. The maximum Gasteiger partial charge on any atom is 0.417 e. The molecule has 0 aliphatic carbocycles. The summed E-state index contributed by atoms with van der Waals surface area (Å²) in [5, 5.41) is 12.4. The van der Waals surface area contributed by atoms with Gasteiger partial charge in [0.2, 0.25) is 0 Å². The maximum absolute atomic E-state index is 13.5. The molecule has 0 fully saturated rings. The van der Waals surface area contributed by atoms with Crippen LogP contribution in [0.3, 0.4) is 0 Å². The first-order chi connectivity index (χ1) is 10.4. The van der Waals surface area contributed by atoms with Gasteiger partial charge in [-0.25, -0.2) is 0 Å². The fourth-order valence-electron chi connectivity index (χ4n) is 2.37. The third kappa shape index (κ3) is 2.67. The van der Waals surface area contributed by atoms with Gasteiger partial charge in [0.1, 0.15) is 6.23 Å². The van der Waals surface area contributed by atoms with E-state index in [0.717, 1.165) is 0 Å². The predicted octanol–water partition coefficient (Wildman–Crippen LogP) is 4.18. The summed E-state index contributed by atoms with van der Waals surface area (Å²) in [6.45, 7) is 0. The molecule has 0 bridgehead atoms. The van der Waals surface area contributed by atoms with Gasteiger partial charge in [0.25, 0.3) is 0 Å². The average molecular weight is 327 g/mol. The smallest absolute Gasteiger partial charge is 0.370 e. The van der Waals surface area contributed by atoms with Crippen LogP contribution in [0.2, 0.25) is 5.02 Å². The molecule has 2 heterocycles. The standard InChI is InChI=1S/C15H10ClF3N2O/c16-8-1-4-11(20-7-8)9-2-5-12-10(3-6-13(22)21-12)14(9)15(17,18)19/h1-7,13,21-22H. The first-order valence-electron chi connectivity index (χ1n) is 6.35. The molecule has 1 aromatic heterocycles. The number of hydrogen-bond acceptors (Lipinski definition) is 3. The lowest BCUT2D eigenvalue weighted by atomic mass is 9.94. The van der Waals surface area contributed by atoms with Crippen LogP contribution in [0.4, 0.5) is 18.9 Å². The van der Waals surface area contributed by atoms with Gasteiger partial charge >= 0.3 is 6.18 Å². The minimum absolute atomic E-state index is 0.0212. The predicted molar refractivity (Wildman–Crippen MR) is 78.3 cm³/mol. The molecule has 1 aliphatic heterocycles. The molecule has 2 aromatic rings. The summed E-state index contributed by atoms with van der Waals surface area (Å²) >= 11 is 5.73. The Hall–Kier alpha value is -2.05. The number of aliphatic hydroxyl groups is 1. The number of anilines is 1. The van der Waals surface area contributed by atoms with Gasteiger partial charge in [0.15, 0.2) is 0 Å². The zero-order chi connectivity index (χ0) is 15.9. The molecule has 0 amide bonds. The Morgan fingerprint density at radius 3 is 2.59 bits per heavy atom. The number of pyridine rings is 1. The Labute approximate surface area is 129 Å². The van der Waals surface area contributed by atoms with Crippen LogP contribution < -0.4 is 5.32 Å². The number of fused-ring (bicyclic) bond motifs is 1. The highest BCUT2D eigenvalue weighted by Crippen LogP contribution is 2.43. The minimum Gasteiger partial charge on any atom is -0.370 e. The maximum atomic E-state index is 13.5. The lowest BCUT2D eigenvalue weighted by Crippen LogP contribution is -2.21. The summed E-state index contributed by atoms with van der Waals surface area (Å²) in [6.07, 6.45) is -1.74. The first-order valence-corrected chi connectivity index (χ1v) is 6.73. The molecule has 0 spiro atoms. The molecule has 0 saturated carbocycles. The summed E-state index contributed by atoms with van der Waals surface area (Å²) in [5.74, 6) is 0. The second-order valence-electron chi connectivity index (χ2n) is 4.76. The monoisotopic (exact) mass is 326 g/mol. The van der Waals surface area contributed by atoms with Crippen molar-refractivity contribution in [1.29, 1.82) is 0 Å². The number of alkyl halides is 3. The molecular weight excluding hydrogens is 317 g/mol. The van der Waals surface area contributed by atoms with E-state index in [-0.39, 0.29) is 22.5 Å². The zero-order valence-corrected chi connectivity index (χ0v) is 11.8. The van der Waals surface area contributed by atoms with Crippen LogP contribution in [0.15, 0.2) is 36.5 Å². The fraction of sp³-hybridized carbons (Fsp3) is 0.133. The van der Waals surface area contributed by atoms with Gasteiger partial charge in [-0.1, -0.05) is 23.7 Å². The number of rotatable bonds is 1. The highest BCUT2D eigenvalue weighted by molar-refractivity contribution is 6.30. The summed E-state index contributed by atoms with van der Waals surface area (Å²) < 4.78 is 40.6. The Morgan fingerprint density at radius 1 is 1.18 bits per heavy atom. The summed E-state index contributed by atoms with van der Waals surface area (Å²) in [6, 6.07) is 5.75. The van der Waals surface area contributed by atoms with Crippen LogP contribution in [-0.4, -0.2) is 16.3 Å². The van der Waals surface area contributed by atoms with Crippen molar-refractivity contribution in [3.05, 3.63) is 52.7 Å². The lowest BCUT2D eigenvalue weighted by Gasteiger charge is -2.23. The van der Waals surface area contributed by atoms with Crippen LogP contribution >= 0.6 is 11.6 Å². The largest absolute Gasteiger partial charge is 0.417 e. The lowest BCUT2D eigenvalue weighted by molar-refractivity contribution is -0.137. The molecule has 3 nitrogen and oxygen atoms in total. The third-order valence-corrected chi connectivity index (χ3v) is 3.50. The second-order valence-corrected chi connectivity index (χ2v) is 5.19. The molecule has 2 N–H and O–H groups in total. The molecule has 1 aliphatic rings. The molecule has 114 valence electrons. The van der Waals surface area contributed by atoms with E-state index in [9.17, 15) is 18.3 Å². The number of aliphatic hydroxyl groups excluding tert-OH is 1. The molecular formula is C15H10ClF3N2O.